The lowest BCUT2D eigenvalue weighted by molar-refractivity contribution is 1.17. The first-order chi connectivity index (χ1) is 23.7. The first-order valence-corrected chi connectivity index (χ1v) is 15.9. The molecule has 0 saturated heterocycles. The van der Waals surface area contributed by atoms with Gasteiger partial charge in [-0.2, -0.15) is 10.5 Å². The van der Waals surface area contributed by atoms with Crippen LogP contribution in [0.2, 0.25) is 0 Å². The van der Waals surface area contributed by atoms with Crippen LogP contribution in [-0.4, -0.2) is 9.13 Å². The van der Waals surface area contributed by atoms with Gasteiger partial charge in [-0.25, -0.2) is 0 Å². The zero-order chi connectivity index (χ0) is 32.2. The second-order valence-electron chi connectivity index (χ2n) is 12.0. The minimum absolute atomic E-state index is 0.587. The van der Waals surface area contributed by atoms with E-state index in [2.05, 4.69) is 130 Å². The van der Waals surface area contributed by atoms with E-state index >= 15 is 0 Å². The Kier molecular flexibility index (Phi) is 6.22. The second-order valence-corrected chi connectivity index (χ2v) is 12.0. The molecule has 0 radical (unpaired) electrons. The predicted octanol–water partition coefficient (Wildman–Crippen LogP) is 11.0. The van der Waals surface area contributed by atoms with Gasteiger partial charge in [-0.15, -0.1) is 0 Å². The Balaban J connectivity index is 1.19. The maximum atomic E-state index is 10.3. The van der Waals surface area contributed by atoms with Crippen LogP contribution in [0.5, 0.6) is 0 Å². The summed E-state index contributed by atoms with van der Waals surface area (Å²) in [5.74, 6) is 0. The minimum atomic E-state index is 0.587. The Bertz CT molecular complexity index is 2790. The Hall–Kier alpha value is -6.88. The maximum absolute atomic E-state index is 10.3. The van der Waals surface area contributed by atoms with Crippen molar-refractivity contribution in [3.8, 4) is 45.8 Å². The Morgan fingerprint density at radius 3 is 1.71 bits per heavy atom. The van der Waals surface area contributed by atoms with Crippen molar-refractivity contribution in [2.45, 2.75) is 0 Å². The largest absolute Gasteiger partial charge is 0.309 e. The molecule has 0 aliphatic heterocycles. The third-order valence-electron chi connectivity index (χ3n) is 9.40. The molecule has 0 aliphatic carbocycles. The van der Waals surface area contributed by atoms with Crippen LogP contribution in [-0.2, 0) is 0 Å². The van der Waals surface area contributed by atoms with Crippen LogP contribution in [0, 0.1) is 22.7 Å². The fraction of sp³-hybridized carbons (Fsp3) is 0. The van der Waals surface area contributed by atoms with Crippen LogP contribution in [0.25, 0.3) is 77.2 Å². The molecular weight excluding hydrogens is 585 g/mol. The molecule has 0 amide bonds. The van der Waals surface area contributed by atoms with E-state index in [1.807, 2.05) is 48.5 Å². The first kappa shape index (κ1) is 27.4. The van der Waals surface area contributed by atoms with Gasteiger partial charge in [0, 0.05) is 32.8 Å². The number of rotatable bonds is 4. The van der Waals surface area contributed by atoms with Crippen LogP contribution in [0.3, 0.4) is 0 Å². The lowest BCUT2D eigenvalue weighted by atomic mass is 9.96. The van der Waals surface area contributed by atoms with Crippen molar-refractivity contribution in [2.24, 2.45) is 0 Å². The summed E-state index contributed by atoms with van der Waals surface area (Å²) in [6.45, 7) is 0. The normalized spacial score (nSPS) is 11.3. The zero-order valence-corrected chi connectivity index (χ0v) is 25.8. The van der Waals surface area contributed by atoms with Gasteiger partial charge in [-0.3, -0.25) is 0 Å². The number of fused-ring (bicyclic) bond motifs is 6. The molecule has 2 aromatic heterocycles. The lowest BCUT2D eigenvalue weighted by Gasteiger charge is -2.16. The van der Waals surface area contributed by atoms with E-state index in [-0.39, 0.29) is 0 Å². The van der Waals surface area contributed by atoms with Crippen molar-refractivity contribution >= 4 is 43.6 Å². The molecule has 0 aliphatic rings. The standard InChI is InChI=1S/C44H26N4/c45-27-29-17-23-43-38(25-29)36-12-5-7-16-41(36)48(43)44-33(28-46)9-8-14-35(44)31-20-18-30(19-21-31)32-22-24-42-39(26-32)37-13-4-6-15-40(37)47(42)34-10-2-1-3-11-34/h1-26H. The second kappa shape index (κ2) is 10.9. The van der Waals surface area contributed by atoms with Gasteiger partial charge in [0.15, 0.2) is 0 Å². The number of hydrogen-bond acceptors (Lipinski definition) is 2. The van der Waals surface area contributed by atoms with Crippen molar-refractivity contribution in [3.05, 3.63) is 169 Å². The molecule has 222 valence electrons. The van der Waals surface area contributed by atoms with Crippen molar-refractivity contribution in [1.29, 1.82) is 10.5 Å². The molecule has 0 unspecified atom stereocenters. The summed E-state index contributed by atoms with van der Waals surface area (Å²) in [5, 5.41) is 24.4. The van der Waals surface area contributed by atoms with Gasteiger partial charge in [0.05, 0.1) is 45.0 Å². The van der Waals surface area contributed by atoms with Crippen LogP contribution in [0.4, 0.5) is 0 Å². The summed E-state index contributed by atoms with van der Waals surface area (Å²) in [6.07, 6.45) is 0. The molecule has 9 rings (SSSR count). The van der Waals surface area contributed by atoms with E-state index in [9.17, 15) is 10.5 Å². The highest BCUT2D eigenvalue weighted by molar-refractivity contribution is 6.11. The third-order valence-corrected chi connectivity index (χ3v) is 9.40. The highest BCUT2D eigenvalue weighted by atomic mass is 15.0. The average Bonchev–Trinajstić information content (AvgIpc) is 3.67. The number of nitrogens with zero attached hydrogens (tertiary/aromatic N) is 4. The Labute approximate surface area is 277 Å². The number of benzene rings is 7. The SMILES string of the molecule is N#Cc1ccc2c(c1)c1ccccc1n2-c1c(C#N)cccc1-c1ccc(-c2ccc3c(c2)c2ccccc2n3-c2ccccc2)cc1. The Morgan fingerprint density at radius 1 is 0.396 bits per heavy atom. The molecule has 2 heterocycles. The van der Waals surface area contributed by atoms with E-state index in [0.717, 1.165) is 55.4 Å². The van der Waals surface area contributed by atoms with Crippen LogP contribution >= 0.6 is 0 Å². The first-order valence-electron chi connectivity index (χ1n) is 15.9. The Morgan fingerprint density at radius 2 is 0.979 bits per heavy atom. The van der Waals surface area contributed by atoms with Crippen molar-refractivity contribution in [3.63, 3.8) is 0 Å². The summed E-state index contributed by atoms with van der Waals surface area (Å²) in [6, 6.07) is 59.0. The fourth-order valence-electron chi connectivity index (χ4n) is 7.24. The monoisotopic (exact) mass is 610 g/mol. The molecule has 0 atom stereocenters. The van der Waals surface area contributed by atoms with Gasteiger partial charge in [0.2, 0.25) is 0 Å². The van der Waals surface area contributed by atoms with Crippen LogP contribution < -0.4 is 0 Å². The summed E-state index contributed by atoms with van der Waals surface area (Å²) in [5.41, 5.74) is 11.7. The smallest absolute Gasteiger partial charge is 0.101 e. The third kappa shape index (κ3) is 4.14. The highest BCUT2D eigenvalue weighted by Gasteiger charge is 2.19. The van der Waals surface area contributed by atoms with Gasteiger partial charge < -0.3 is 9.13 Å². The summed E-state index contributed by atoms with van der Waals surface area (Å²) in [4.78, 5) is 0. The topological polar surface area (TPSA) is 57.4 Å². The van der Waals surface area contributed by atoms with E-state index in [0.29, 0.717) is 11.1 Å². The number of para-hydroxylation sites is 4. The minimum Gasteiger partial charge on any atom is -0.309 e. The van der Waals surface area contributed by atoms with Crippen molar-refractivity contribution < 1.29 is 0 Å². The maximum Gasteiger partial charge on any atom is 0.101 e. The average molecular weight is 611 g/mol. The number of nitriles is 2. The quantitative estimate of drug-likeness (QED) is 0.199. The van der Waals surface area contributed by atoms with Crippen molar-refractivity contribution in [2.75, 3.05) is 0 Å². The fourth-order valence-corrected chi connectivity index (χ4v) is 7.24. The van der Waals surface area contributed by atoms with Gasteiger partial charge in [0.1, 0.15) is 6.07 Å². The van der Waals surface area contributed by atoms with Gasteiger partial charge >= 0.3 is 0 Å². The molecular formula is C44H26N4. The summed E-state index contributed by atoms with van der Waals surface area (Å²) < 4.78 is 4.50. The van der Waals surface area contributed by atoms with Gasteiger partial charge in [-0.05, 0) is 77.4 Å². The summed E-state index contributed by atoms with van der Waals surface area (Å²) in [7, 11) is 0. The molecule has 0 fully saturated rings. The van der Waals surface area contributed by atoms with E-state index < -0.39 is 0 Å². The molecule has 0 saturated carbocycles. The predicted molar refractivity (Wildman–Crippen MR) is 195 cm³/mol. The van der Waals surface area contributed by atoms with E-state index in [1.165, 1.54) is 21.8 Å². The molecule has 9 aromatic rings. The van der Waals surface area contributed by atoms with Gasteiger partial charge in [-0.1, -0.05) is 97.1 Å². The number of hydrogen-bond donors (Lipinski definition) is 0. The molecule has 0 spiro atoms. The van der Waals surface area contributed by atoms with E-state index in [1.54, 1.807) is 0 Å². The molecule has 7 aromatic carbocycles. The molecule has 4 nitrogen and oxygen atoms in total. The van der Waals surface area contributed by atoms with Crippen LogP contribution in [0.15, 0.2) is 158 Å². The van der Waals surface area contributed by atoms with Crippen LogP contribution in [0.1, 0.15) is 11.1 Å². The zero-order valence-electron chi connectivity index (χ0n) is 25.8. The van der Waals surface area contributed by atoms with Gasteiger partial charge in [0.25, 0.3) is 0 Å². The van der Waals surface area contributed by atoms with E-state index in [4.69, 9.17) is 0 Å². The lowest BCUT2D eigenvalue weighted by Crippen LogP contribution is -2.00. The molecule has 0 N–H and O–H groups in total. The summed E-state index contributed by atoms with van der Waals surface area (Å²) >= 11 is 0. The number of aromatic nitrogens is 2. The molecule has 4 heteroatoms. The molecule has 0 bridgehead atoms. The highest BCUT2D eigenvalue weighted by Crippen LogP contribution is 2.39. The molecule has 48 heavy (non-hydrogen) atoms. The van der Waals surface area contributed by atoms with Crippen molar-refractivity contribution in [1.82, 2.24) is 9.13 Å².